The Morgan fingerprint density at radius 1 is 1.21 bits per heavy atom. The zero-order valence-electron chi connectivity index (χ0n) is 15.4. The molecular weight excluding hydrogens is 361 g/mol. The van der Waals surface area contributed by atoms with Crippen LogP contribution in [0.15, 0.2) is 48.9 Å². The molecule has 0 fully saturated rings. The van der Waals surface area contributed by atoms with Gasteiger partial charge in [0.1, 0.15) is 17.8 Å². The van der Waals surface area contributed by atoms with E-state index in [4.69, 9.17) is 0 Å². The van der Waals surface area contributed by atoms with E-state index in [1.54, 1.807) is 24.4 Å². The second-order valence-electron chi connectivity index (χ2n) is 6.27. The van der Waals surface area contributed by atoms with Crippen molar-refractivity contribution in [2.45, 2.75) is 26.4 Å². The molecule has 1 aromatic carbocycles. The van der Waals surface area contributed by atoms with Gasteiger partial charge >= 0.3 is 0 Å². The second kappa shape index (κ2) is 7.18. The molecule has 4 rings (SSSR count). The molecule has 0 aliphatic heterocycles. The molecule has 9 heteroatoms. The van der Waals surface area contributed by atoms with E-state index in [1.807, 2.05) is 24.6 Å². The number of fused-ring (bicyclic) bond motifs is 1. The summed E-state index contributed by atoms with van der Waals surface area (Å²) in [6.07, 6.45) is 3.04. The zero-order chi connectivity index (χ0) is 19.7. The molecule has 1 amide bonds. The summed E-state index contributed by atoms with van der Waals surface area (Å²) >= 11 is 0. The van der Waals surface area contributed by atoms with Gasteiger partial charge in [0.25, 0.3) is 11.7 Å². The molecule has 0 saturated heterocycles. The van der Waals surface area contributed by atoms with Crippen molar-refractivity contribution < 1.29 is 9.18 Å². The molecule has 3 aromatic heterocycles. The van der Waals surface area contributed by atoms with Crippen LogP contribution in [0.3, 0.4) is 0 Å². The van der Waals surface area contributed by atoms with Crippen molar-refractivity contribution in [3.63, 3.8) is 0 Å². The van der Waals surface area contributed by atoms with Gasteiger partial charge in [-0.05, 0) is 50.2 Å². The predicted molar refractivity (Wildman–Crippen MR) is 100.0 cm³/mol. The summed E-state index contributed by atoms with van der Waals surface area (Å²) in [5.74, 6) is -0.373. The van der Waals surface area contributed by atoms with Crippen LogP contribution < -0.4 is 5.32 Å². The lowest BCUT2D eigenvalue weighted by atomic mass is 10.1. The van der Waals surface area contributed by atoms with Gasteiger partial charge < -0.3 is 5.32 Å². The minimum absolute atomic E-state index is 0.254. The average Bonchev–Trinajstić information content (AvgIpc) is 3.36. The summed E-state index contributed by atoms with van der Waals surface area (Å²) in [5.41, 5.74) is 2.38. The Hall–Kier alpha value is -3.62. The van der Waals surface area contributed by atoms with Gasteiger partial charge in [-0.15, -0.1) is 0 Å². The van der Waals surface area contributed by atoms with Crippen LogP contribution in [0.4, 0.5) is 4.39 Å². The van der Waals surface area contributed by atoms with Gasteiger partial charge in [-0.1, -0.05) is 0 Å². The van der Waals surface area contributed by atoms with Crippen molar-refractivity contribution in [3.05, 3.63) is 66.1 Å². The normalized spacial score (nSPS) is 12.2. The second-order valence-corrected chi connectivity index (χ2v) is 6.27. The zero-order valence-corrected chi connectivity index (χ0v) is 15.4. The van der Waals surface area contributed by atoms with Crippen LogP contribution in [-0.4, -0.2) is 35.3 Å². The summed E-state index contributed by atoms with van der Waals surface area (Å²) in [7, 11) is 0. The molecule has 0 saturated carbocycles. The SMILES string of the molecule is CCn1nccc1C(C)NC(=O)c1cc(-c2ccc(F)cc2)nc2ncnn12. The number of carbonyl (C=O) groups is 1. The Kier molecular flexibility index (Phi) is 4.56. The molecule has 1 unspecified atom stereocenters. The number of amides is 1. The smallest absolute Gasteiger partial charge is 0.270 e. The predicted octanol–water partition coefficient (Wildman–Crippen LogP) is 2.64. The topological polar surface area (TPSA) is 90.0 Å². The maximum absolute atomic E-state index is 13.2. The highest BCUT2D eigenvalue weighted by molar-refractivity contribution is 5.94. The minimum atomic E-state index is -0.341. The molecule has 0 aliphatic rings. The van der Waals surface area contributed by atoms with E-state index >= 15 is 0 Å². The number of aromatic nitrogens is 6. The van der Waals surface area contributed by atoms with Crippen LogP contribution >= 0.6 is 0 Å². The Balaban J connectivity index is 1.70. The summed E-state index contributed by atoms with van der Waals surface area (Å²) in [5, 5.41) is 11.3. The highest BCUT2D eigenvalue weighted by atomic mass is 19.1. The van der Waals surface area contributed by atoms with Gasteiger partial charge in [-0.25, -0.2) is 9.37 Å². The number of halogens is 1. The molecule has 0 bridgehead atoms. The standard InChI is InChI=1S/C19H18FN7O/c1-3-26-16(8-9-22-26)12(2)24-18(28)17-10-15(13-4-6-14(20)7-5-13)25-19-21-11-23-27(17)19/h4-12H,3H2,1-2H3,(H,24,28). The fourth-order valence-corrected chi connectivity index (χ4v) is 3.06. The van der Waals surface area contributed by atoms with Gasteiger partial charge in [0.15, 0.2) is 0 Å². The van der Waals surface area contributed by atoms with E-state index in [1.165, 1.54) is 23.0 Å². The van der Waals surface area contributed by atoms with Crippen LogP contribution in [0.1, 0.15) is 36.1 Å². The van der Waals surface area contributed by atoms with E-state index in [0.717, 1.165) is 5.69 Å². The molecule has 1 atom stereocenters. The van der Waals surface area contributed by atoms with E-state index in [0.29, 0.717) is 23.6 Å². The number of hydrogen-bond acceptors (Lipinski definition) is 5. The average molecular weight is 379 g/mol. The van der Waals surface area contributed by atoms with Crippen molar-refractivity contribution in [1.29, 1.82) is 0 Å². The van der Waals surface area contributed by atoms with Crippen LogP contribution in [0.5, 0.6) is 0 Å². The van der Waals surface area contributed by atoms with Crippen LogP contribution in [0.2, 0.25) is 0 Å². The van der Waals surface area contributed by atoms with Crippen LogP contribution in [0.25, 0.3) is 17.0 Å². The first-order valence-corrected chi connectivity index (χ1v) is 8.86. The van der Waals surface area contributed by atoms with Crippen LogP contribution in [0, 0.1) is 5.82 Å². The monoisotopic (exact) mass is 379 g/mol. The maximum atomic E-state index is 13.2. The largest absolute Gasteiger partial charge is 0.343 e. The van der Waals surface area contributed by atoms with Crippen molar-refractivity contribution in [1.82, 2.24) is 34.7 Å². The fourth-order valence-electron chi connectivity index (χ4n) is 3.06. The molecule has 0 radical (unpaired) electrons. The van der Waals surface area contributed by atoms with E-state index in [-0.39, 0.29) is 23.5 Å². The van der Waals surface area contributed by atoms with Gasteiger partial charge in [0.2, 0.25) is 0 Å². The Morgan fingerprint density at radius 3 is 2.75 bits per heavy atom. The lowest BCUT2D eigenvalue weighted by molar-refractivity contribution is 0.0930. The molecule has 4 aromatic rings. The molecular formula is C19H18FN7O. The van der Waals surface area contributed by atoms with Gasteiger partial charge in [-0.3, -0.25) is 9.48 Å². The van der Waals surface area contributed by atoms with E-state index in [2.05, 4.69) is 25.5 Å². The van der Waals surface area contributed by atoms with Crippen molar-refractivity contribution in [2.24, 2.45) is 0 Å². The molecule has 8 nitrogen and oxygen atoms in total. The fraction of sp³-hybridized carbons (Fsp3) is 0.211. The third-order valence-corrected chi connectivity index (χ3v) is 4.46. The molecule has 3 heterocycles. The Labute approximate surface area is 160 Å². The lowest BCUT2D eigenvalue weighted by Gasteiger charge is -2.16. The summed E-state index contributed by atoms with van der Waals surface area (Å²) in [4.78, 5) is 21.5. The number of nitrogens with one attached hydrogen (secondary N) is 1. The first-order valence-electron chi connectivity index (χ1n) is 8.86. The quantitative estimate of drug-likeness (QED) is 0.576. The molecule has 1 N–H and O–H groups in total. The number of aryl methyl sites for hydroxylation is 1. The van der Waals surface area contributed by atoms with E-state index in [9.17, 15) is 9.18 Å². The lowest BCUT2D eigenvalue weighted by Crippen LogP contribution is -2.30. The molecule has 0 spiro atoms. The Morgan fingerprint density at radius 2 is 2.00 bits per heavy atom. The van der Waals surface area contributed by atoms with Crippen LogP contribution in [-0.2, 0) is 6.54 Å². The third kappa shape index (κ3) is 3.22. The van der Waals surface area contributed by atoms with Crippen molar-refractivity contribution in [3.8, 4) is 11.3 Å². The number of rotatable bonds is 5. The van der Waals surface area contributed by atoms with Gasteiger partial charge in [0, 0.05) is 18.3 Å². The maximum Gasteiger partial charge on any atom is 0.270 e. The first kappa shape index (κ1) is 17.8. The van der Waals surface area contributed by atoms with E-state index < -0.39 is 0 Å². The number of carbonyl (C=O) groups excluding carboxylic acids is 1. The molecule has 142 valence electrons. The number of benzene rings is 1. The summed E-state index contributed by atoms with van der Waals surface area (Å²) < 4.78 is 16.4. The minimum Gasteiger partial charge on any atom is -0.343 e. The third-order valence-electron chi connectivity index (χ3n) is 4.46. The number of hydrogen-bond donors (Lipinski definition) is 1. The van der Waals surface area contributed by atoms with Crippen molar-refractivity contribution in [2.75, 3.05) is 0 Å². The Bertz CT molecular complexity index is 1130. The number of nitrogens with zero attached hydrogens (tertiary/aromatic N) is 6. The first-order chi connectivity index (χ1) is 13.6. The van der Waals surface area contributed by atoms with Crippen molar-refractivity contribution >= 4 is 11.7 Å². The van der Waals surface area contributed by atoms with Gasteiger partial charge in [0.05, 0.1) is 17.4 Å². The molecule has 0 aliphatic carbocycles. The molecule has 28 heavy (non-hydrogen) atoms. The highest BCUT2D eigenvalue weighted by Gasteiger charge is 2.19. The summed E-state index contributed by atoms with van der Waals surface area (Å²) in [6, 6.07) is 9.14. The summed E-state index contributed by atoms with van der Waals surface area (Å²) in [6.45, 7) is 4.59. The van der Waals surface area contributed by atoms with Gasteiger partial charge in [-0.2, -0.15) is 19.7 Å². The highest BCUT2D eigenvalue weighted by Crippen LogP contribution is 2.20.